The van der Waals surface area contributed by atoms with E-state index in [0.29, 0.717) is 5.92 Å². The molecule has 0 radical (unpaired) electrons. The average Bonchev–Trinajstić information content (AvgIpc) is 3.02. The maximum atomic E-state index is 4.32. The Morgan fingerprint density at radius 3 is 2.10 bits per heavy atom. The number of hydrogen-bond donors (Lipinski definition) is 0. The summed E-state index contributed by atoms with van der Waals surface area (Å²) in [6.07, 6.45) is 31.6. The van der Waals surface area contributed by atoms with Gasteiger partial charge in [0.05, 0.1) is 0 Å². The molecule has 3 aliphatic rings. The summed E-state index contributed by atoms with van der Waals surface area (Å²) in [4.78, 5) is 0. The first-order chi connectivity index (χ1) is 19.8. The van der Waals surface area contributed by atoms with Gasteiger partial charge < -0.3 is 0 Å². The third-order valence-corrected chi connectivity index (χ3v) is 8.28. The van der Waals surface area contributed by atoms with Gasteiger partial charge in [-0.05, 0) is 56.2 Å². The van der Waals surface area contributed by atoms with Crippen LogP contribution in [-0.2, 0) is 0 Å². The second-order valence-electron chi connectivity index (χ2n) is 10.6. The summed E-state index contributed by atoms with van der Waals surface area (Å²) in [5.74, 6) is 0.604. The van der Waals surface area contributed by atoms with Crippen molar-refractivity contribution in [3.05, 3.63) is 187 Å². The minimum atomic E-state index is 0.0800. The van der Waals surface area contributed by atoms with Crippen molar-refractivity contribution in [3.63, 3.8) is 0 Å². The first-order valence-electron chi connectivity index (χ1n) is 14.1. The van der Waals surface area contributed by atoms with Crippen LogP contribution in [0, 0.1) is 17.8 Å². The molecule has 3 aromatic carbocycles. The van der Waals surface area contributed by atoms with E-state index in [1.165, 1.54) is 49.8 Å². The number of hydrogen-bond acceptors (Lipinski definition) is 0. The van der Waals surface area contributed by atoms with Gasteiger partial charge >= 0.3 is 0 Å². The Hall–Kier alpha value is -4.68. The first kappa shape index (κ1) is 25.6. The molecule has 0 saturated heterocycles. The van der Waals surface area contributed by atoms with Gasteiger partial charge in [-0.1, -0.05) is 152 Å². The van der Waals surface area contributed by atoms with Crippen molar-refractivity contribution in [1.29, 1.82) is 0 Å². The lowest BCUT2D eigenvalue weighted by atomic mass is 9.72. The predicted octanol–water partition coefficient (Wildman–Crippen LogP) is 10.5. The molecule has 3 aliphatic carbocycles. The zero-order valence-electron chi connectivity index (χ0n) is 22.8. The molecule has 6 rings (SSSR count). The summed E-state index contributed by atoms with van der Waals surface area (Å²) in [6.45, 7) is 8.64. The van der Waals surface area contributed by atoms with Gasteiger partial charge in [-0.25, -0.2) is 0 Å². The van der Waals surface area contributed by atoms with Crippen LogP contribution < -0.4 is 0 Å². The Morgan fingerprint density at radius 2 is 1.30 bits per heavy atom. The predicted molar refractivity (Wildman–Crippen MR) is 174 cm³/mol. The molecule has 3 atom stereocenters. The quantitative estimate of drug-likeness (QED) is 0.297. The molecule has 3 unspecified atom stereocenters. The fourth-order valence-electron chi connectivity index (χ4n) is 6.21. The lowest BCUT2D eigenvalue weighted by molar-refractivity contribution is 0.640. The summed E-state index contributed by atoms with van der Waals surface area (Å²) < 4.78 is 0. The largest absolute Gasteiger partial charge is 0.102 e. The van der Waals surface area contributed by atoms with Crippen LogP contribution in [0.25, 0.3) is 27.5 Å². The van der Waals surface area contributed by atoms with Gasteiger partial charge in [0.1, 0.15) is 0 Å². The molecule has 0 N–H and O–H groups in total. The van der Waals surface area contributed by atoms with Crippen LogP contribution in [0.3, 0.4) is 0 Å². The van der Waals surface area contributed by atoms with E-state index in [-0.39, 0.29) is 11.8 Å². The van der Waals surface area contributed by atoms with Crippen LogP contribution in [0.15, 0.2) is 182 Å². The number of rotatable bonds is 5. The van der Waals surface area contributed by atoms with Gasteiger partial charge in [-0.2, -0.15) is 0 Å². The molecular weight excluding hydrogens is 480 g/mol. The number of fused-ring (bicyclic) bond motifs is 2. The smallest absolute Gasteiger partial charge is 0.0125 e. The fourth-order valence-corrected chi connectivity index (χ4v) is 6.21. The van der Waals surface area contributed by atoms with E-state index in [1.54, 1.807) is 0 Å². The maximum absolute atomic E-state index is 4.32. The van der Waals surface area contributed by atoms with E-state index < -0.39 is 0 Å². The molecule has 0 heteroatoms. The zero-order valence-corrected chi connectivity index (χ0v) is 22.8. The molecule has 3 aromatic rings. The minimum Gasteiger partial charge on any atom is -0.102 e. The van der Waals surface area contributed by atoms with Crippen LogP contribution >= 0.6 is 0 Å². The van der Waals surface area contributed by atoms with Crippen molar-refractivity contribution >= 4 is 16.3 Å². The van der Waals surface area contributed by atoms with Crippen molar-refractivity contribution in [1.82, 2.24) is 0 Å². The summed E-state index contributed by atoms with van der Waals surface area (Å²) in [7, 11) is 0. The summed E-state index contributed by atoms with van der Waals surface area (Å²) in [6, 6.07) is 24.1. The second-order valence-corrected chi connectivity index (χ2v) is 10.6. The van der Waals surface area contributed by atoms with E-state index in [4.69, 9.17) is 0 Å². The van der Waals surface area contributed by atoms with Gasteiger partial charge in [-0.3, -0.25) is 0 Å². The molecule has 0 saturated carbocycles. The van der Waals surface area contributed by atoms with E-state index in [9.17, 15) is 0 Å². The van der Waals surface area contributed by atoms with Crippen LogP contribution in [0.1, 0.15) is 12.0 Å². The lowest BCUT2D eigenvalue weighted by Crippen LogP contribution is -2.19. The summed E-state index contributed by atoms with van der Waals surface area (Å²) >= 11 is 0. The molecule has 0 heterocycles. The average molecular weight is 515 g/mol. The van der Waals surface area contributed by atoms with Crippen LogP contribution in [-0.4, -0.2) is 0 Å². The summed E-state index contributed by atoms with van der Waals surface area (Å²) in [5, 5.41) is 2.54. The zero-order chi connectivity index (χ0) is 27.3. The molecule has 0 aliphatic heterocycles. The number of allylic oxidation sites excluding steroid dienone is 18. The van der Waals surface area contributed by atoms with E-state index >= 15 is 0 Å². The van der Waals surface area contributed by atoms with Crippen LogP contribution in [0.5, 0.6) is 0 Å². The molecule has 40 heavy (non-hydrogen) atoms. The highest BCUT2D eigenvalue weighted by Gasteiger charge is 2.28. The Balaban J connectivity index is 1.38. The molecule has 0 nitrogen and oxygen atoms in total. The number of benzene rings is 3. The Morgan fingerprint density at radius 1 is 0.600 bits per heavy atom. The SMILES string of the molecule is C=CC1/C(C2=CC=C3C=CC=CC3C2)=C/C=C\C=C/C=C(\c2ccc(-c3cccc4ccccc34)cc2)C1C=C. The Kier molecular flexibility index (Phi) is 7.42. The highest BCUT2D eigenvalue weighted by molar-refractivity contribution is 5.96. The molecule has 0 bridgehead atoms. The third kappa shape index (κ3) is 5.01. The summed E-state index contributed by atoms with van der Waals surface area (Å²) in [5.41, 5.74) is 8.98. The van der Waals surface area contributed by atoms with Gasteiger partial charge in [0.15, 0.2) is 0 Å². The van der Waals surface area contributed by atoms with Gasteiger partial charge in [0.25, 0.3) is 0 Å². The van der Waals surface area contributed by atoms with Crippen molar-refractivity contribution < 1.29 is 0 Å². The molecule has 0 aromatic heterocycles. The van der Waals surface area contributed by atoms with Crippen molar-refractivity contribution in [2.45, 2.75) is 6.42 Å². The van der Waals surface area contributed by atoms with Crippen molar-refractivity contribution in [2.75, 3.05) is 0 Å². The Labute approximate surface area is 238 Å². The fraction of sp³-hybridized carbons (Fsp3) is 0.100. The van der Waals surface area contributed by atoms with E-state index in [0.717, 1.165) is 6.42 Å². The monoisotopic (exact) mass is 514 g/mol. The maximum Gasteiger partial charge on any atom is 0.0125 e. The van der Waals surface area contributed by atoms with E-state index in [1.807, 2.05) is 0 Å². The molecule has 0 amide bonds. The molecule has 194 valence electrons. The van der Waals surface area contributed by atoms with Gasteiger partial charge in [0.2, 0.25) is 0 Å². The molecule has 0 spiro atoms. The van der Waals surface area contributed by atoms with E-state index in [2.05, 4.69) is 165 Å². The highest BCUT2D eigenvalue weighted by atomic mass is 14.3. The normalized spacial score (nSPS) is 26.2. The van der Waals surface area contributed by atoms with Gasteiger partial charge in [-0.15, -0.1) is 13.2 Å². The minimum absolute atomic E-state index is 0.0800. The van der Waals surface area contributed by atoms with Crippen LogP contribution in [0.2, 0.25) is 0 Å². The third-order valence-electron chi connectivity index (χ3n) is 8.28. The van der Waals surface area contributed by atoms with Crippen molar-refractivity contribution in [3.8, 4) is 11.1 Å². The van der Waals surface area contributed by atoms with Crippen LogP contribution in [0.4, 0.5) is 0 Å². The second kappa shape index (κ2) is 11.6. The first-order valence-corrected chi connectivity index (χ1v) is 14.1. The standard InChI is InChI=1S/C40H34/c1-3-35-36(4-2)40(34-27-22-29-14-9-10-16-33(29)28-34)19-8-6-5-7-18-37(35)31-23-25-32(26-24-31)39-21-13-17-30-15-11-12-20-38(30)39/h3-27,33,35-36H,1-2,28H2/b7-5-,8-6-,37-18+,40-19+. The van der Waals surface area contributed by atoms with Gasteiger partial charge in [0, 0.05) is 17.8 Å². The molecule has 0 fully saturated rings. The Bertz CT molecular complexity index is 1680. The highest BCUT2D eigenvalue weighted by Crippen LogP contribution is 2.42. The molecular formula is C40H34. The lowest BCUT2D eigenvalue weighted by Gasteiger charge is -2.31. The topological polar surface area (TPSA) is 0 Å². The van der Waals surface area contributed by atoms with Crippen molar-refractivity contribution in [2.24, 2.45) is 17.8 Å².